The average molecular weight is 468 g/mol. The molecule has 3 aromatic carbocycles. The van der Waals surface area contributed by atoms with Crippen LogP contribution < -0.4 is 14.8 Å². The lowest BCUT2D eigenvalue weighted by molar-refractivity contribution is -0.690. The maximum atomic E-state index is 6.48. The first-order valence-corrected chi connectivity index (χ1v) is 13.1. The maximum absolute atomic E-state index is 6.48. The molecule has 0 unspecified atom stereocenters. The van der Waals surface area contributed by atoms with Crippen LogP contribution in [0, 0.1) is 0 Å². The van der Waals surface area contributed by atoms with Crippen molar-refractivity contribution in [2.45, 2.75) is 57.1 Å². The Labute approximate surface area is 207 Å². The predicted octanol–water partition coefficient (Wildman–Crippen LogP) is 6.01. The number of methoxy groups -OCH3 is 1. The lowest BCUT2D eigenvalue weighted by atomic mass is 9.84. The monoisotopic (exact) mass is 467 g/mol. The lowest BCUT2D eigenvalue weighted by Crippen LogP contribution is -2.87. The number of para-hydroxylation sites is 2. The normalized spacial score (nSPS) is 18.4. The molecule has 4 heteroatoms. The molecular weight excluding hydrogens is 432 g/mol. The van der Waals surface area contributed by atoms with Gasteiger partial charge in [-0.1, -0.05) is 55.7 Å². The van der Waals surface area contributed by atoms with Crippen molar-refractivity contribution in [1.82, 2.24) is 4.98 Å². The fourth-order valence-electron chi connectivity index (χ4n) is 6.19. The van der Waals surface area contributed by atoms with Crippen molar-refractivity contribution >= 4 is 10.9 Å². The zero-order valence-electron chi connectivity index (χ0n) is 20.6. The summed E-state index contributed by atoms with van der Waals surface area (Å²) in [6.45, 7) is 1.60. The summed E-state index contributed by atoms with van der Waals surface area (Å²) in [5, 5.41) is 3.81. The maximum Gasteiger partial charge on any atom is 0.153 e. The van der Waals surface area contributed by atoms with Crippen molar-refractivity contribution in [3.63, 3.8) is 0 Å². The standard InChI is InChI=1S/C31H34N2O2/c1-34-28-16-15-22(30-31-26(17-18-32-30)25-12-5-7-13-27(25)33-31)19-23(28)20-35-29-14-8-6-11-24(29)21-9-3-2-4-10-21/h5-8,11-16,19,21,30,32-33H,2-4,9-10,17-18,20H2,1H3/p+1/t30-/m0/s1. The molecular formula is C31H35N2O2+. The predicted molar refractivity (Wildman–Crippen MR) is 140 cm³/mol. The molecule has 1 aliphatic carbocycles. The number of nitrogens with one attached hydrogen (secondary N) is 1. The van der Waals surface area contributed by atoms with E-state index in [4.69, 9.17) is 9.47 Å². The minimum Gasteiger partial charge on any atom is -0.496 e. The molecule has 4 aromatic rings. The molecule has 1 aromatic heterocycles. The Bertz CT molecular complexity index is 1320. The Kier molecular flexibility index (Phi) is 6.22. The molecule has 1 saturated carbocycles. The first-order valence-electron chi connectivity index (χ1n) is 13.1. The molecule has 0 radical (unpaired) electrons. The Balaban J connectivity index is 1.29. The van der Waals surface area contributed by atoms with Crippen molar-refractivity contribution in [2.75, 3.05) is 13.7 Å². The summed E-state index contributed by atoms with van der Waals surface area (Å²) in [6, 6.07) is 24.1. The van der Waals surface area contributed by atoms with Crippen LogP contribution in [0.15, 0.2) is 66.7 Å². The number of hydrogen-bond donors (Lipinski definition) is 2. The topological polar surface area (TPSA) is 50.9 Å². The van der Waals surface area contributed by atoms with E-state index < -0.39 is 0 Å². The number of quaternary nitrogens is 1. The van der Waals surface area contributed by atoms with E-state index in [1.54, 1.807) is 7.11 Å². The van der Waals surface area contributed by atoms with Gasteiger partial charge >= 0.3 is 0 Å². The third kappa shape index (κ3) is 4.32. The van der Waals surface area contributed by atoms with E-state index in [1.165, 1.54) is 65.4 Å². The van der Waals surface area contributed by atoms with Gasteiger partial charge in [0.15, 0.2) is 6.04 Å². The molecule has 0 saturated heterocycles. The van der Waals surface area contributed by atoms with Crippen LogP contribution in [0.1, 0.15) is 72.0 Å². The molecule has 1 aliphatic heterocycles. The number of hydrogen-bond acceptors (Lipinski definition) is 2. The summed E-state index contributed by atoms with van der Waals surface area (Å²) in [6.07, 6.45) is 7.64. The molecule has 180 valence electrons. The smallest absolute Gasteiger partial charge is 0.153 e. The van der Waals surface area contributed by atoms with E-state index in [9.17, 15) is 0 Å². The van der Waals surface area contributed by atoms with Gasteiger partial charge in [-0.05, 0) is 60.2 Å². The number of aromatic amines is 1. The fraction of sp³-hybridized carbons (Fsp3) is 0.355. The van der Waals surface area contributed by atoms with Gasteiger partial charge in [0.25, 0.3) is 0 Å². The summed E-state index contributed by atoms with van der Waals surface area (Å²) < 4.78 is 12.2. The van der Waals surface area contributed by atoms with Crippen molar-refractivity contribution < 1.29 is 14.8 Å². The van der Waals surface area contributed by atoms with Gasteiger partial charge in [0.1, 0.15) is 18.1 Å². The van der Waals surface area contributed by atoms with Gasteiger partial charge in [-0.25, -0.2) is 0 Å². The Morgan fingerprint density at radius 1 is 0.914 bits per heavy atom. The van der Waals surface area contributed by atoms with Gasteiger partial charge in [0.05, 0.1) is 19.3 Å². The first-order chi connectivity index (χ1) is 17.3. The number of benzene rings is 3. The molecule has 0 spiro atoms. The largest absolute Gasteiger partial charge is 0.496 e. The van der Waals surface area contributed by atoms with Gasteiger partial charge in [0.2, 0.25) is 0 Å². The van der Waals surface area contributed by atoms with Crippen LogP contribution in [0.4, 0.5) is 0 Å². The molecule has 1 atom stereocenters. The van der Waals surface area contributed by atoms with Crippen LogP contribution in [0.25, 0.3) is 10.9 Å². The first kappa shape index (κ1) is 22.2. The summed E-state index contributed by atoms with van der Waals surface area (Å²) in [5.74, 6) is 2.52. The SMILES string of the molecule is COc1ccc([C@@H]2[NH2+]CCc3c2[nH]c2ccccc32)cc1COc1ccccc1C1CCCCC1. The lowest BCUT2D eigenvalue weighted by Gasteiger charge is -2.25. The van der Waals surface area contributed by atoms with Crippen LogP contribution in [-0.4, -0.2) is 18.6 Å². The molecule has 3 N–H and O–H groups in total. The van der Waals surface area contributed by atoms with Gasteiger partial charge in [0, 0.05) is 28.5 Å². The zero-order valence-corrected chi connectivity index (χ0v) is 20.6. The van der Waals surface area contributed by atoms with Crippen LogP contribution in [-0.2, 0) is 13.0 Å². The molecule has 2 aliphatic rings. The highest BCUT2D eigenvalue weighted by Gasteiger charge is 2.29. The van der Waals surface area contributed by atoms with Crippen LogP contribution in [0.5, 0.6) is 11.5 Å². The second-order valence-corrected chi connectivity index (χ2v) is 10.0. The fourth-order valence-corrected chi connectivity index (χ4v) is 6.19. The number of rotatable bonds is 6. The minimum absolute atomic E-state index is 0.255. The van der Waals surface area contributed by atoms with E-state index in [-0.39, 0.29) is 6.04 Å². The Hall–Kier alpha value is -3.24. The van der Waals surface area contributed by atoms with Gasteiger partial charge in [-0.3, -0.25) is 0 Å². The highest BCUT2D eigenvalue weighted by Crippen LogP contribution is 2.38. The number of ether oxygens (including phenoxy) is 2. The van der Waals surface area contributed by atoms with E-state index in [0.717, 1.165) is 30.0 Å². The molecule has 4 nitrogen and oxygen atoms in total. The molecule has 6 rings (SSSR count). The zero-order chi connectivity index (χ0) is 23.6. The average Bonchev–Trinajstić information content (AvgIpc) is 3.31. The molecule has 2 heterocycles. The van der Waals surface area contributed by atoms with Gasteiger partial charge in [-0.2, -0.15) is 0 Å². The quantitative estimate of drug-likeness (QED) is 0.365. The van der Waals surface area contributed by atoms with Gasteiger partial charge in [-0.15, -0.1) is 0 Å². The second kappa shape index (κ2) is 9.79. The number of nitrogens with two attached hydrogens (primary N) is 1. The molecule has 0 amide bonds. The summed E-state index contributed by atoms with van der Waals surface area (Å²) >= 11 is 0. The minimum atomic E-state index is 0.255. The van der Waals surface area contributed by atoms with E-state index in [0.29, 0.717) is 12.5 Å². The van der Waals surface area contributed by atoms with E-state index in [1.807, 2.05) is 0 Å². The number of aromatic nitrogens is 1. The molecule has 1 fully saturated rings. The van der Waals surface area contributed by atoms with Crippen molar-refractivity contribution in [2.24, 2.45) is 0 Å². The second-order valence-electron chi connectivity index (χ2n) is 10.0. The van der Waals surface area contributed by atoms with Crippen molar-refractivity contribution in [3.05, 3.63) is 94.7 Å². The summed E-state index contributed by atoms with van der Waals surface area (Å²) in [5.41, 5.74) is 7.78. The molecule has 35 heavy (non-hydrogen) atoms. The van der Waals surface area contributed by atoms with Crippen molar-refractivity contribution in [1.29, 1.82) is 0 Å². The third-order valence-corrected chi connectivity index (χ3v) is 7.97. The van der Waals surface area contributed by atoms with Gasteiger partial charge < -0.3 is 19.8 Å². The van der Waals surface area contributed by atoms with Crippen LogP contribution >= 0.6 is 0 Å². The van der Waals surface area contributed by atoms with E-state index >= 15 is 0 Å². The highest BCUT2D eigenvalue weighted by atomic mass is 16.5. The van der Waals surface area contributed by atoms with Crippen molar-refractivity contribution in [3.8, 4) is 11.5 Å². The van der Waals surface area contributed by atoms with E-state index in [2.05, 4.69) is 77.0 Å². The number of fused-ring (bicyclic) bond motifs is 3. The highest BCUT2D eigenvalue weighted by molar-refractivity contribution is 5.85. The number of H-pyrrole nitrogens is 1. The van der Waals surface area contributed by atoms with Crippen LogP contribution in [0.2, 0.25) is 0 Å². The Morgan fingerprint density at radius 2 is 1.74 bits per heavy atom. The Morgan fingerprint density at radius 3 is 2.63 bits per heavy atom. The molecule has 0 bridgehead atoms. The third-order valence-electron chi connectivity index (χ3n) is 7.97. The summed E-state index contributed by atoms with van der Waals surface area (Å²) in [4.78, 5) is 3.72. The summed E-state index contributed by atoms with van der Waals surface area (Å²) in [7, 11) is 1.75. The van der Waals surface area contributed by atoms with Crippen LogP contribution in [0.3, 0.4) is 0 Å².